The van der Waals surface area contributed by atoms with Gasteiger partial charge in [0.15, 0.2) is 0 Å². The van der Waals surface area contributed by atoms with E-state index in [0.29, 0.717) is 22.4 Å². The highest BCUT2D eigenvalue weighted by molar-refractivity contribution is 8.26. The van der Waals surface area contributed by atoms with Gasteiger partial charge in [-0.2, -0.15) is 0 Å². The highest BCUT2D eigenvalue weighted by Crippen LogP contribution is 2.32. The highest BCUT2D eigenvalue weighted by Gasteiger charge is 2.31. The van der Waals surface area contributed by atoms with E-state index in [4.69, 9.17) is 17.0 Å². The quantitative estimate of drug-likeness (QED) is 0.618. The molecular weight excluding hydrogens is 314 g/mol. The Morgan fingerprint density at radius 2 is 1.91 bits per heavy atom. The Bertz CT molecular complexity index is 600. The molecule has 0 aromatic heterocycles. The number of carbonyl (C=O) groups is 1. The summed E-state index contributed by atoms with van der Waals surface area (Å²) in [7, 11) is 1.62. The predicted octanol–water partition coefficient (Wildman–Crippen LogP) is 3.83. The van der Waals surface area contributed by atoms with E-state index in [0.717, 1.165) is 5.56 Å². The third-order valence-electron chi connectivity index (χ3n) is 3.47. The van der Waals surface area contributed by atoms with Crippen molar-refractivity contribution >= 4 is 40.3 Å². The van der Waals surface area contributed by atoms with E-state index in [9.17, 15) is 4.79 Å². The molecular formula is C17H21NO2S2. The lowest BCUT2D eigenvalue weighted by Crippen LogP contribution is -2.31. The summed E-state index contributed by atoms with van der Waals surface area (Å²) in [4.78, 5) is 14.6. The third kappa shape index (κ3) is 3.97. The van der Waals surface area contributed by atoms with E-state index in [-0.39, 0.29) is 11.3 Å². The molecule has 118 valence electrons. The van der Waals surface area contributed by atoms with Gasteiger partial charge in [0.1, 0.15) is 4.32 Å². The first kappa shape index (κ1) is 17.2. The van der Waals surface area contributed by atoms with Gasteiger partial charge in [0.05, 0.1) is 18.1 Å². The monoisotopic (exact) mass is 335 g/mol. The van der Waals surface area contributed by atoms with Gasteiger partial charge in [0.2, 0.25) is 0 Å². The highest BCUT2D eigenvalue weighted by atomic mass is 32.2. The number of amides is 1. The van der Waals surface area contributed by atoms with Crippen LogP contribution in [-0.4, -0.2) is 35.4 Å². The minimum Gasteiger partial charge on any atom is -0.383 e. The van der Waals surface area contributed by atoms with Gasteiger partial charge in [-0.05, 0) is 22.6 Å². The molecule has 22 heavy (non-hydrogen) atoms. The molecule has 0 bridgehead atoms. The van der Waals surface area contributed by atoms with Crippen LogP contribution in [-0.2, 0) is 14.9 Å². The Hall–Kier alpha value is -1.17. The number of hydrogen-bond donors (Lipinski definition) is 0. The first-order chi connectivity index (χ1) is 10.3. The van der Waals surface area contributed by atoms with Gasteiger partial charge >= 0.3 is 0 Å². The summed E-state index contributed by atoms with van der Waals surface area (Å²) in [6.45, 7) is 7.54. The van der Waals surface area contributed by atoms with Crippen molar-refractivity contribution in [2.24, 2.45) is 0 Å². The second kappa shape index (κ2) is 6.94. The molecule has 3 nitrogen and oxygen atoms in total. The summed E-state index contributed by atoms with van der Waals surface area (Å²) < 4.78 is 5.61. The van der Waals surface area contributed by atoms with Gasteiger partial charge in [-0.1, -0.05) is 69.0 Å². The molecule has 0 saturated carbocycles. The summed E-state index contributed by atoms with van der Waals surface area (Å²) in [6, 6.07) is 8.31. The molecule has 1 aliphatic heterocycles. The Morgan fingerprint density at radius 1 is 1.27 bits per heavy atom. The van der Waals surface area contributed by atoms with Gasteiger partial charge < -0.3 is 4.74 Å². The van der Waals surface area contributed by atoms with Crippen LogP contribution in [0, 0.1) is 0 Å². The van der Waals surface area contributed by atoms with Crippen LogP contribution in [0.1, 0.15) is 31.9 Å². The molecule has 0 N–H and O–H groups in total. The molecule has 0 atom stereocenters. The van der Waals surface area contributed by atoms with Crippen LogP contribution in [0.2, 0.25) is 0 Å². The largest absolute Gasteiger partial charge is 0.383 e. The number of methoxy groups -OCH3 is 1. The summed E-state index contributed by atoms with van der Waals surface area (Å²) >= 11 is 6.62. The number of rotatable bonds is 4. The van der Waals surface area contributed by atoms with Crippen LogP contribution in [0.4, 0.5) is 0 Å². The molecule has 5 heteroatoms. The minimum atomic E-state index is -0.0352. The van der Waals surface area contributed by atoms with Gasteiger partial charge in [-0.3, -0.25) is 9.69 Å². The zero-order valence-electron chi connectivity index (χ0n) is 13.4. The molecule has 1 fully saturated rings. The van der Waals surface area contributed by atoms with E-state index in [1.807, 2.05) is 18.2 Å². The maximum Gasteiger partial charge on any atom is 0.266 e. The second-order valence-corrected chi connectivity index (χ2v) is 7.87. The fourth-order valence-electron chi connectivity index (χ4n) is 2.11. The predicted molar refractivity (Wildman–Crippen MR) is 96.9 cm³/mol. The van der Waals surface area contributed by atoms with Crippen LogP contribution in [0.3, 0.4) is 0 Å². The van der Waals surface area contributed by atoms with E-state index < -0.39 is 0 Å². The Labute approximate surface area is 141 Å². The molecule has 2 rings (SSSR count). The van der Waals surface area contributed by atoms with Crippen molar-refractivity contribution in [2.75, 3.05) is 20.3 Å². The van der Waals surface area contributed by atoms with Crippen LogP contribution in [0.25, 0.3) is 6.08 Å². The lowest BCUT2D eigenvalue weighted by atomic mass is 9.87. The zero-order chi connectivity index (χ0) is 16.3. The number of benzene rings is 1. The standard InChI is InChI=1S/C17H21NO2S2/c1-17(2,3)13-7-5-12(6-8-13)11-14-15(19)18(9-10-20-4)16(21)22-14/h5-8,11H,9-10H2,1-4H3/b14-11+. The Balaban J connectivity index is 2.16. The van der Waals surface area contributed by atoms with Gasteiger partial charge in [0, 0.05) is 7.11 Å². The molecule has 1 aromatic rings. The first-order valence-electron chi connectivity index (χ1n) is 7.18. The van der Waals surface area contributed by atoms with Crippen molar-refractivity contribution in [3.05, 3.63) is 40.3 Å². The number of thiocarbonyl (C=S) groups is 1. The molecule has 1 saturated heterocycles. The Kier molecular flexibility index (Phi) is 5.42. The van der Waals surface area contributed by atoms with Crippen LogP contribution < -0.4 is 0 Å². The lowest BCUT2D eigenvalue weighted by molar-refractivity contribution is -0.122. The van der Waals surface area contributed by atoms with Gasteiger partial charge in [0.25, 0.3) is 5.91 Å². The molecule has 1 aliphatic rings. The second-order valence-electron chi connectivity index (χ2n) is 6.20. The Morgan fingerprint density at radius 3 is 2.45 bits per heavy atom. The van der Waals surface area contributed by atoms with E-state index >= 15 is 0 Å². The van der Waals surface area contributed by atoms with Gasteiger partial charge in [-0.15, -0.1) is 0 Å². The van der Waals surface area contributed by atoms with Crippen LogP contribution in [0.15, 0.2) is 29.2 Å². The maximum absolute atomic E-state index is 12.3. The summed E-state index contributed by atoms with van der Waals surface area (Å²) in [5.74, 6) is -0.0352. The van der Waals surface area contributed by atoms with Crippen molar-refractivity contribution in [3.8, 4) is 0 Å². The molecule has 0 aliphatic carbocycles. The fourth-order valence-corrected chi connectivity index (χ4v) is 3.41. The average Bonchev–Trinajstić information content (AvgIpc) is 2.71. The summed E-state index contributed by atoms with van der Waals surface area (Å²) in [6.07, 6.45) is 1.90. The van der Waals surface area contributed by atoms with Crippen molar-refractivity contribution in [2.45, 2.75) is 26.2 Å². The fraction of sp³-hybridized carbons (Fsp3) is 0.412. The number of ether oxygens (including phenoxy) is 1. The number of thioether (sulfide) groups is 1. The molecule has 0 unspecified atom stereocenters. The molecule has 0 radical (unpaired) electrons. The van der Waals surface area contributed by atoms with Crippen LogP contribution in [0.5, 0.6) is 0 Å². The SMILES string of the molecule is COCCN1C(=O)/C(=C\c2ccc(C(C)(C)C)cc2)SC1=S. The summed E-state index contributed by atoms with van der Waals surface area (Å²) in [5, 5.41) is 0. The van der Waals surface area contributed by atoms with Crippen LogP contribution >= 0.6 is 24.0 Å². The zero-order valence-corrected chi connectivity index (χ0v) is 15.0. The normalized spacial score (nSPS) is 17.6. The van der Waals surface area contributed by atoms with Crippen molar-refractivity contribution in [1.29, 1.82) is 0 Å². The van der Waals surface area contributed by atoms with Crippen molar-refractivity contribution in [3.63, 3.8) is 0 Å². The average molecular weight is 335 g/mol. The van der Waals surface area contributed by atoms with E-state index in [1.54, 1.807) is 12.0 Å². The first-order valence-corrected chi connectivity index (χ1v) is 8.40. The van der Waals surface area contributed by atoms with E-state index in [1.165, 1.54) is 17.3 Å². The lowest BCUT2D eigenvalue weighted by Gasteiger charge is -2.18. The number of carbonyl (C=O) groups excluding carboxylic acids is 1. The minimum absolute atomic E-state index is 0.0352. The van der Waals surface area contributed by atoms with E-state index in [2.05, 4.69) is 32.9 Å². The molecule has 1 aromatic carbocycles. The molecule has 1 amide bonds. The maximum atomic E-state index is 12.3. The van der Waals surface area contributed by atoms with Gasteiger partial charge in [-0.25, -0.2) is 0 Å². The molecule has 1 heterocycles. The number of hydrogen-bond acceptors (Lipinski definition) is 4. The van der Waals surface area contributed by atoms with Crippen molar-refractivity contribution < 1.29 is 9.53 Å². The third-order valence-corrected chi connectivity index (χ3v) is 4.84. The number of nitrogens with zero attached hydrogens (tertiary/aromatic N) is 1. The smallest absolute Gasteiger partial charge is 0.266 e. The van der Waals surface area contributed by atoms with Crippen molar-refractivity contribution in [1.82, 2.24) is 4.90 Å². The molecule has 0 spiro atoms. The summed E-state index contributed by atoms with van der Waals surface area (Å²) in [5.41, 5.74) is 2.42. The topological polar surface area (TPSA) is 29.5 Å².